The van der Waals surface area contributed by atoms with Crippen molar-refractivity contribution in [2.24, 2.45) is 0 Å². The summed E-state index contributed by atoms with van der Waals surface area (Å²) in [5, 5.41) is 2.65. The predicted molar refractivity (Wildman–Crippen MR) is 68.6 cm³/mol. The number of hydrogen-bond acceptors (Lipinski definition) is 4. The first-order valence-electron chi connectivity index (χ1n) is 4.78. The zero-order valence-corrected chi connectivity index (χ0v) is 12.6. The van der Waals surface area contributed by atoms with E-state index in [1.54, 1.807) is 12.1 Å². The summed E-state index contributed by atoms with van der Waals surface area (Å²) in [7, 11) is 0. The average Bonchev–Trinajstić information content (AvgIpc) is 2.39. The molecule has 0 aliphatic carbocycles. The second kappa shape index (κ2) is 7.95. The molecule has 18 heavy (non-hydrogen) atoms. The quantitative estimate of drug-likeness (QED) is 0.439. The maximum atomic E-state index is 11.3. The van der Waals surface area contributed by atoms with E-state index in [1.807, 2.05) is 18.2 Å². The summed E-state index contributed by atoms with van der Waals surface area (Å²) < 4.78 is 9.22. The molecule has 0 bridgehead atoms. The van der Waals surface area contributed by atoms with Gasteiger partial charge >= 0.3 is 120 Å². The Bertz CT molecular complexity index is 442. The van der Waals surface area contributed by atoms with Gasteiger partial charge in [-0.05, 0) is 0 Å². The molecule has 1 rings (SSSR count). The fourth-order valence-electron chi connectivity index (χ4n) is 0.981. The van der Waals surface area contributed by atoms with Crippen LogP contribution in [0, 0.1) is 0 Å². The fraction of sp³-hybridized carbons (Fsp3) is 0.0909. The van der Waals surface area contributed by atoms with Gasteiger partial charge in [0.15, 0.2) is 0 Å². The van der Waals surface area contributed by atoms with Crippen LogP contribution in [0.5, 0.6) is 0 Å². The summed E-state index contributed by atoms with van der Waals surface area (Å²) in [5.74, 6) is 0. The van der Waals surface area contributed by atoms with Crippen molar-refractivity contribution in [1.29, 1.82) is 0 Å². The van der Waals surface area contributed by atoms with Gasteiger partial charge in [-0.1, -0.05) is 0 Å². The van der Waals surface area contributed by atoms with Gasteiger partial charge < -0.3 is 0 Å². The van der Waals surface area contributed by atoms with Crippen LogP contribution < -0.4 is 0 Å². The second-order valence-corrected chi connectivity index (χ2v) is 3.89. The van der Waals surface area contributed by atoms with Crippen LogP contribution in [0.15, 0.2) is 30.3 Å². The van der Waals surface area contributed by atoms with Gasteiger partial charge in [0.1, 0.15) is 0 Å². The Morgan fingerprint density at radius 2 is 1.78 bits per heavy atom. The Morgan fingerprint density at radius 1 is 1.17 bits per heavy atom. The summed E-state index contributed by atoms with van der Waals surface area (Å²) in [4.78, 5) is 23.6. The molecule has 0 unspecified atom stereocenters. The van der Waals surface area contributed by atoms with Gasteiger partial charge in [-0.2, -0.15) is 0 Å². The molecule has 0 heterocycles. The van der Waals surface area contributed by atoms with Crippen LogP contribution in [0.25, 0.3) is 0 Å². The average molecular weight is 377 g/mol. The van der Waals surface area contributed by atoms with Crippen molar-refractivity contribution in [3.05, 3.63) is 35.9 Å². The molecule has 0 fully saturated rings. The van der Waals surface area contributed by atoms with E-state index in [0.29, 0.717) is 0 Å². The molecule has 1 aromatic carbocycles. The molecular weight excluding hydrogens is 368 g/mol. The van der Waals surface area contributed by atoms with Gasteiger partial charge in [-0.25, -0.2) is 0 Å². The molecule has 1 amide bonds. The number of nitrogens with zero attached hydrogens (tertiary/aromatic N) is 1. The number of ether oxygens (including phenoxy) is 2. The molecule has 0 N–H and O–H groups in total. The number of rotatable bonds is 4. The van der Waals surface area contributed by atoms with Crippen LogP contribution in [-0.2, 0) is 16.1 Å². The number of amides is 1. The molecule has 7 heteroatoms. The first-order chi connectivity index (χ1) is 8.67. The Morgan fingerprint density at radius 3 is 2.33 bits per heavy atom. The summed E-state index contributed by atoms with van der Waals surface area (Å²) in [6.07, 6.45) is -1.90. The number of carbonyl (C=O) groups excluding carboxylic acids is 2. The summed E-state index contributed by atoms with van der Waals surface area (Å²) >= 11 is 5.00. The number of hydrogen-bond donors (Lipinski definition) is 0. The standard InChI is InChI=1S/C11H9NO4Se2/c13-10(12(7-17)8-18)16-11(14)15-6-9-4-2-1-3-5-9/h1-5,7-8H,6H2. The van der Waals surface area contributed by atoms with Crippen LogP contribution in [0.3, 0.4) is 0 Å². The van der Waals surface area contributed by atoms with Crippen molar-refractivity contribution >= 4 is 53.5 Å². The van der Waals surface area contributed by atoms with E-state index in [4.69, 9.17) is 4.74 Å². The van der Waals surface area contributed by atoms with E-state index in [0.717, 1.165) is 10.5 Å². The van der Waals surface area contributed by atoms with Gasteiger partial charge in [0.25, 0.3) is 0 Å². The van der Waals surface area contributed by atoms with Crippen LogP contribution in [0.1, 0.15) is 5.56 Å². The molecular formula is C11H9NO4Se2. The molecule has 0 aliphatic heterocycles. The van der Waals surface area contributed by atoms with Gasteiger partial charge in [0, 0.05) is 0 Å². The molecule has 5 nitrogen and oxygen atoms in total. The van der Waals surface area contributed by atoms with E-state index in [1.165, 1.54) is 10.1 Å². The van der Waals surface area contributed by atoms with E-state index in [-0.39, 0.29) is 6.61 Å². The number of carbonyl (C=O) groups is 2. The molecule has 0 aliphatic rings. The van der Waals surface area contributed by atoms with Crippen molar-refractivity contribution in [1.82, 2.24) is 4.90 Å². The SMILES string of the molecule is O=C(OCc1ccccc1)OC(=O)N(C=[Se])C=[Se]. The molecule has 94 valence electrons. The third-order valence-electron chi connectivity index (χ3n) is 1.81. The Kier molecular flexibility index (Phi) is 6.54. The summed E-state index contributed by atoms with van der Waals surface area (Å²) in [5.41, 5.74) is 0.810. The van der Waals surface area contributed by atoms with Gasteiger partial charge in [-0.3, -0.25) is 0 Å². The van der Waals surface area contributed by atoms with Crippen LogP contribution in [-0.4, -0.2) is 58.4 Å². The van der Waals surface area contributed by atoms with Crippen LogP contribution in [0.2, 0.25) is 0 Å². The summed E-state index contributed by atoms with van der Waals surface area (Å²) in [6.45, 7) is 0.0525. The maximum absolute atomic E-state index is 11.3. The first kappa shape index (κ1) is 14.8. The van der Waals surface area contributed by atoms with Gasteiger partial charge in [-0.15, -0.1) is 0 Å². The van der Waals surface area contributed by atoms with Gasteiger partial charge in [0.05, 0.1) is 0 Å². The van der Waals surface area contributed by atoms with Crippen molar-refractivity contribution in [3.8, 4) is 0 Å². The van der Waals surface area contributed by atoms with Crippen molar-refractivity contribution in [3.63, 3.8) is 0 Å². The predicted octanol–water partition coefficient (Wildman–Crippen LogP) is 0.618. The Labute approximate surface area is 120 Å². The minimum absolute atomic E-state index is 0.0525. The molecule has 0 saturated heterocycles. The topological polar surface area (TPSA) is 55.8 Å². The first-order valence-corrected chi connectivity index (χ1v) is 6.76. The number of benzene rings is 1. The zero-order chi connectivity index (χ0) is 13.4. The fourth-order valence-corrected chi connectivity index (χ4v) is 1.99. The third-order valence-corrected chi connectivity index (χ3v) is 2.76. The normalized spacial score (nSPS) is 9.11. The summed E-state index contributed by atoms with van der Waals surface area (Å²) in [6, 6.07) is 9.08. The Balaban J connectivity index is 2.40. The molecule has 1 aromatic rings. The van der Waals surface area contributed by atoms with Crippen molar-refractivity contribution < 1.29 is 19.1 Å². The van der Waals surface area contributed by atoms with Crippen molar-refractivity contribution in [2.75, 3.05) is 0 Å². The van der Waals surface area contributed by atoms with Crippen molar-refractivity contribution in [2.45, 2.75) is 6.61 Å². The monoisotopic (exact) mass is 379 g/mol. The van der Waals surface area contributed by atoms with E-state index in [9.17, 15) is 9.59 Å². The Hall–Kier alpha value is -1.26. The van der Waals surface area contributed by atoms with Gasteiger partial charge in [0.2, 0.25) is 0 Å². The van der Waals surface area contributed by atoms with Crippen LogP contribution in [0.4, 0.5) is 9.59 Å². The minimum atomic E-state index is -1.04. The molecule has 0 atom stereocenters. The zero-order valence-electron chi connectivity index (χ0n) is 9.15. The third kappa shape index (κ3) is 4.94. The second-order valence-electron chi connectivity index (χ2n) is 3.01. The molecule has 0 aromatic heterocycles. The molecule has 0 saturated carbocycles. The van der Waals surface area contributed by atoms with E-state index in [2.05, 4.69) is 35.9 Å². The molecule has 0 spiro atoms. The van der Waals surface area contributed by atoms with E-state index < -0.39 is 12.2 Å². The van der Waals surface area contributed by atoms with Crippen LogP contribution >= 0.6 is 0 Å². The molecule has 0 radical (unpaired) electrons. The van der Waals surface area contributed by atoms with E-state index >= 15 is 0 Å².